The number of rotatable bonds is 6. The first-order valence-corrected chi connectivity index (χ1v) is 11.4. The normalized spacial score (nSPS) is 15.6. The van der Waals surface area contributed by atoms with Crippen molar-refractivity contribution < 1.29 is 22.3 Å². The summed E-state index contributed by atoms with van der Waals surface area (Å²) in [5, 5.41) is 6.45. The van der Waals surface area contributed by atoms with Crippen LogP contribution in [-0.4, -0.2) is 5.71 Å². The van der Waals surface area contributed by atoms with E-state index in [4.69, 9.17) is 9.84 Å². The first-order valence-electron chi connectivity index (χ1n) is 11.4. The lowest BCUT2D eigenvalue weighted by Crippen LogP contribution is -2.19. The Balaban J connectivity index is 1.52. The minimum Gasteiger partial charge on any atom is -0.488 e. The zero-order chi connectivity index (χ0) is 25.1. The van der Waals surface area contributed by atoms with Crippen LogP contribution in [0.1, 0.15) is 34.7 Å². The second-order valence-corrected chi connectivity index (χ2v) is 8.48. The fraction of sp³-hybridized carbons (Fsp3) is 0.138. The molecule has 0 fully saturated rings. The van der Waals surface area contributed by atoms with Gasteiger partial charge in [0, 0.05) is 12.0 Å². The third-order valence-electron chi connectivity index (χ3n) is 6.02. The van der Waals surface area contributed by atoms with Crippen molar-refractivity contribution in [1.29, 1.82) is 0 Å². The highest BCUT2D eigenvalue weighted by Gasteiger charge is 2.35. The van der Waals surface area contributed by atoms with Gasteiger partial charge in [-0.2, -0.15) is 18.3 Å². The number of hydrogen-bond donors (Lipinski definition) is 0. The summed E-state index contributed by atoms with van der Waals surface area (Å²) in [6.45, 7) is 0.284. The highest BCUT2D eigenvalue weighted by molar-refractivity contribution is 6.05. The Hall–Kier alpha value is -4.13. The van der Waals surface area contributed by atoms with Crippen molar-refractivity contribution in [2.24, 2.45) is 5.10 Å². The van der Waals surface area contributed by atoms with Crippen molar-refractivity contribution in [1.82, 2.24) is 0 Å². The molecular formula is C29H22F4N2O. The van der Waals surface area contributed by atoms with Gasteiger partial charge >= 0.3 is 6.18 Å². The molecule has 1 aliphatic heterocycles. The van der Waals surface area contributed by atoms with Crippen LogP contribution in [0.25, 0.3) is 0 Å². The molecular weight excluding hydrogens is 468 g/mol. The average molecular weight is 491 g/mol. The number of hydrogen-bond acceptors (Lipinski definition) is 3. The van der Waals surface area contributed by atoms with Gasteiger partial charge in [-0.1, -0.05) is 60.7 Å². The highest BCUT2D eigenvalue weighted by Crippen LogP contribution is 2.40. The highest BCUT2D eigenvalue weighted by atomic mass is 19.4. The Morgan fingerprint density at radius 1 is 0.833 bits per heavy atom. The van der Waals surface area contributed by atoms with Crippen LogP contribution in [0.3, 0.4) is 0 Å². The van der Waals surface area contributed by atoms with Crippen LogP contribution in [0.5, 0.6) is 5.75 Å². The van der Waals surface area contributed by atoms with Gasteiger partial charge in [-0.25, -0.2) is 4.39 Å². The molecule has 0 N–H and O–H groups in total. The summed E-state index contributed by atoms with van der Waals surface area (Å²) in [4.78, 5) is 0. The van der Waals surface area contributed by atoms with E-state index < -0.39 is 23.6 Å². The maximum Gasteiger partial charge on any atom is 0.416 e. The molecule has 0 unspecified atom stereocenters. The summed E-state index contributed by atoms with van der Waals surface area (Å²) < 4.78 is 60.7. The van der Waals surface area contributed by atoms with Crippen molar-refractivity contribution in [2.75, 3.05) is 5.01 Å². The van der Waals surface area contributed by atoms with Gasteiger partial charge in [0.15, 0.2) is 0 Å². The molecule has 3 nitrogen and oxygen atoms in total. The number of para-hydroxylation sites is 1. The van der Waals surface area contributed by atoms with Gasteiger partial charge in [-0.15, -0.1) is 0 Å². The molecule has 1 aliphatic rings. The van der Waals surface area contributed by atoms with Crippen molar-refractivity contribution in [3.8, 4) is 5.75 Å². The zero-order valence-corrected chi connectivity index (χ0v) is 19.1. The first-order chi connectivity index (χ1) is 17.4. The van der Waals surface area contributed by atoms with Crippen molar-refractivity contribution in [2.45, 2.75) is 25.2 Å². The molecule has 5 rings (SSSR count). The van der Waals surface area contributed by atoms with Gasteiger partial charge in [0.25, 0.3) is 0 Å². The summed E-state index contributed by atoms with van der Waals surface area (Å²) in [7, 11) is 0. The van der Waals surface area contributed by atoms with Gasteiger partial charge in [-0.3, -0.25) is 5.01 Å². The molecule has 0 aliphatic carbocycles. The van der Waals surface area contributed by atoms with Crippen LogP contribution in [0, 0.1) is 5.82 Å². The maximum atomic E-state index is 14.3. The quantitative estimate of drug-likeness (QED) is 0.258. The lowest BCUT2D eigenvalue weighted by molar-refractivity contribution is -0.137. The fourth-order valence-electron chi connectivity index (χ4n) is 4.26. The van der Waals surface area contributed by atoms with Crippen LogP contribution in [0.15, 0.2) is 108 Å². The fourth-order valence-corrected chi connectivity index (χ4v) is 4.26. The van der Waals surface area contributed by atoms with E-state index >= 15 is 0 Å². The smallest absolute Gasteiger partial charge is 0.416 e. The summed E-state index contributed by atoms with van der Waals surface area (Å²) in [5.41, 5.74) is 2.42. The van der Waals surface area contributed by atoms with E-state index in [0.717, 1.165) is 23.4 Å². The van der Waals surface area contributed by atoms with Gasteiger partial charge in [0.1, 0.15) is 18.2 Å². The van der Waals surface area contributed by atoms with Crippen molar-refractivity contribution >= 4 is 11.4 Å². The Labute approximate surface area is 206 Å². The van der Waals surface area contributed by atoms with E-state index in [2.05, 4.69) is 0 Å². The monoisotopic (exact) mass is 490 g/mol. The second-order valence-electron chi connectivity index (χ2n) is 8.48. The summed E-state index contributed by atoms with van der Waals surface area (Å²) in [6, 6.07) is 27.8. The van der Waals surface area contributed by atoms with Crippen molar-refractivity contribution in [3.63, 3.8) is 0 Å². The molecule has 1 heterocycles. The summed E-state index contributed by atoms with van der Waals surface area (Å²) in [5.74, 6) is 0.00486. The van der Waals surface area contributed by atoms with E-state index in [-0.39, 0.29) is 13.0 Å². The van der Waals surface area contributed by atoms with E-state index in [1.165, 1.54) is 18.2 Å². The first kappa shape index (κ1) is 23.6. The lowest BCUT2D eigenvalue weighted by Gasteiger charge is -2.24. The molecule has 0 saturated heterocycles. The molecule has 0 spiro atoms. The third kappa shape index (κ3) is 5.10. The summed E-state index contributed by atoms with van der Waals surface area (Å²) >= 11 is 0. The number of nitrogens with zero attached hydrogens (tertiary/aromatic N) is 2. The van der Waals surface area contributed by atoms with Crippen LogP contribution in [0.4, 0.5) is 23.2 Å². The SMILES string of the molecule is Fc1ccc(OCc2ccccc2)c(C2=NN(c3ccccc3)[C@@H](c3cccc(C(F)(F)F)c3)C2)c1. The van der Waals surface area contributed by atoms with Gasteiger partial charge in [0.2, 0.25) is 0 Å². The molecule has 0 saturated carbocycles. The van der Waals surface area contributed by atoms with E-state index in [1.807, 2.05) is 60.7 Å². The largest absolute Gasteiger partial charge is 0.488 e. The number of alkyl halides is 3. The lowest BCUT2D eigenvalue weighted by atomic mass is 9.96. The third-order valence-corrected chi connectivity index (χ3v) is 6.02. The molecule has 0 bridgehead atoms. The Morgan fingerprint density at radius 3 is 2.28 bits per heavy atom. The van der Waals surface area contributed by atoms with Gasteiger partial charge in [-0.05, 0) is 53.6 Å². The molecule has 4 aromatic rings. The second kappa shape index (κ2) is 9.85. The van der Waals surface area contributed by atoms with Gasteiger partial charge < -0.3 is 4.74 Å². The number of hydrazone groups is 1. The minimum atomic E-state index is -4.46. The van der Waals surface area contributed by atoms with E-state index in [0.29, 0.717) is 22.6 Å². The standard InChI is InChI=1S/C29H22F4N2O/c30-23-14-15-28(36-19-20-8-3-1-4-9-20)25(17-23)26-18-27(35(34-26)24-12-5-2-6-13-24)21-10-7-11-22(16-21)29(31,32)33/h1-17,27H,18-19H2/t27-/m1/s1. The predicted molar refractivity (Wildman–Crippen MR) is 131 cm³/mol. The van der Waals surface area contributed by atoms with Crippen molar-refractivity contribution in [3.05, 3.63) is 131 Å². The molecule has 182 valence electrons. The molecule has 7 heteroatoms. The zero-order valence-electron chi connectivity index (χ0n) is 19.1. The predicted octanol–water partition coefficient (Wildman–Crippen LogP) is 7.78. The Bertz CT molecular complexity index is 1370. The van der Waals surface area contributed by atoms with E-state index in [1.54, 1.807) is 17.1 Å². The van der Waals surface area contributed by atoms with Crippen LogP contribution in [-0.2, 0) is 12.8 Å². The van der Waals surface area contributed by atoms with Gasteiger partial charge in [0.05, 0.1) is 23.0 Å². The van der Waals surface area contributed by atoms with Crippen LogP contribution >= 0.6 is 0 Å². The molecule has 1 atom stereocenters. The van der Waals surface area contributed by atoms with E-state index in [9.17, 15) is 17.6 Å². The Kier molecular flexibility index (Phi) is 6.46. The number of benzene rings is 4. The topological polar surface area (TPSA) is 24.8 Å². The molecule has 0 amide bonds. The minimum absolute atomic E-state index is 0.279. The number of ether oxygens (including phenoxy) is 1. The Morgan fingerprint density at radius 2 is 1.56 bits per heavy atom. The molecule has 0 radical (unpaired) electrons. The molecule has 0 aromatic heterocycles. The molecule has 4 aromatic carbocycles. The summed E-state index contributed by atoms with van der Waals surface area (Å²) in [6.07, 6.45) is -4.18. The maximum absolute atomic E-state index is 14.3. The average Bonchev–Trinajstić information content (AvgIpc) is 3.34. The van der Waals surface area contributed by atoms with Crippen LogP contribution in [0.2, 0.25) is 0 Å². The number of halogens is 4. The van der Waals surface area contributed by atoms with Crippen LogP contribution < -0.4 is 9.75 Å². The number of anilines is 1. The molecule has 36 heavy (non-hydrogen) atoms.